The number of hydrogen-bond donors (Lipinski definition) is 0. The van der Waals surface area contributed by atoms with E-state index >= 15 is 0 Å². The summed E-state index contributed by atoms with van der Waals surface area (Å²) < 4.78 is 1.96. The van der Waals surface area contributed by atoms with Crippen molar-refractivity contribution in [2.75, 3.05) is 6.54 Å². The van der Waals surface area contributed by atoms with Gasteiger partial charge in [-0.1, -0.05) is 19.8 Å². The largest absolute Gasteiger partial charge is 0.335 e. The summed E-state index contributed by atoms with van der Waals surface area (Å²) in [4.78, 5) is 28.7. The van der Waals surface area contributed by atoms with E-state index in [1.807, 2.05) is 9.47 Å². The van der Waals surface area contributed by atoms with Gasteiger partial charge in [0, 0.05) is 19.5 Å². The van der Waals surface area contributed by atoms with Crippen molar-refractivity contribution in [3.63, 3.8) is 0 Å². The maximum Gasteiger partial charge on any atom is 0.222 e. The molecule has 1 aliphatic rings. The van der Waals surface area contributed by atoms with Gasteiger partial charge in [-0.05, 0) is 6.42 Å². The number of hydrogen-bond acceptors (Lipinski definition) is 3. The molecule has 1 aromatic heterocycles. The molecule has 1 amide bonds. The molecule has 0 N–H and O–H groups in total. The Morgan fingerprint density at radius 1 is 1.44 bits per heavy atom. The summed E-state index contributed by atoms with van der Waals surface area (Å²) in [7, 11) is 0. The number of unbranched alkanes of at least 4 members (excludes halogenated alkanes) is 2. The molecule has 2 heterocycles. The summed E-state index contributed by atoms with van der Waals surface area (Å²) in [5.74, 6) is 0.188. The van der Waals surface area contributed by atoms with Gasteiger partial charge in [-0.15, -0.1) is 0 Å². The SMILES string of the molecule is CCCCCC(=O)N1CCn2cnc(C=O)c2C1. The van der Waals surface area contributed by atoms with E-state index in [2.05, 4.69) is 11.9 Å². The minimum atomic E-state index is 0.188. The Morgan fingerprint density at radius 2 is 2.28 bits per heavy atom. The molecule has 0 aromatic carbocycles. The van der Waals surface area contributed by atoms with Gasteiger partial charge in [-0.3, -0.25) is 9.59 Å². The normalized spacial score (nSPS) is 14.4. The smallest absolute Gasteiger partial charge is 0.222 e. The van der Waals surface area contributed by atoms with E-state index in [0.29, 0.717) is 25.2 Å². The molecule has 1 aromatic rings. The average molecular weight is 249 g/mol. The predicted octanol–water partition coefficient (Wildman–Crippen LogP) is 1.62. The van der Waals surface area contributed by atoms with Crippen LogP contribution in [0, 0.1) is 0 Å². The van der Waals surface area contributed by atoms with Gasteiger partial charge < -0.3 is 9.47 Å². The van der Waals surface area contributed by atoms with Crippen LogP contribution in [0.4, 0.5) is 0 Å². The van der Waals surface area contributed by atoms with Crippen molar-refractivity contribution in [3.8, 4) is 0 Å². The molecular formula is C13H19N3O2. The highest BCUT2D eigenvalue weighted by Gasteiger charge is 2.22. The lowest BCUT2D eigenvalue weighted by Gasteiger charge is -2.28. The summed E-state index contributed by atoms with van der Waals surface area (Å²) in [6.07, 6.45) is 6.21. The number of aromatic nitrogens is 2. The Bertz CT molecular complexity index is 439. The van der Waals surface area contributed by atoms with Gasteiger partial charge in [-0.2, -0.15) is 0 Å². The molecule has 0 fully saturated rings. The third kappa shape index (κ3) is 2.60. The number of rotatable bonds is 5. The number of carbonyl (C=O) groups excluding carboxylic acids is 2. The summed E-state index contributed by atoms with van der Waals surface area (Å²) in [6.45, 7) is 4.08. The molecule has 2 rings (SSSR count). The second-order valence-electron chi connectivity index (χ2n) is 4.66. The van der Waals surface area contributed by atoms with Crippen LogP contribution in [0.3, 0.4) is 0 Å². The zero-order valence-electron chi connectivity index (χ0n) is 10.8. The van der Waals surface area contributed by atoms with Crippen LogP contribution in [0.25, 0.3) is 0 Å². The van der Waals surface area contributed by atoms with Gasteiger partial charge in [0.25, 0.3) is 0 Å². The summed E-state index contributed by atoms with van der Waals surface area (Å²) >= 11 is 0. The minimum absolute atomic E-state index is 0.188. The molecule has 98 valence electrons. The van der Waals surface area contributed by atoms with Crippen molar-refractivity contribution in [1.82, 2.24) is 14.5 Å². The molecule has 0 saturated carbocycles. The van der Waals surface area contributed by atoms with Crippen LogP contribution in [0.1, 0.15) is 48.8 Å². The van der Waals surface area contributed by atoms with Crippen LogP contribution in [0.5, 0.6) is 0 Å². The van der Waals surface area contributed by atoms with E-state index in [0.717, 1.165) is 37.8 Å². The summed E-state index contributed by atoms with van der Waals surface area (Å²) in [6, 6.07) is 0. The molecule has 0 radical (unpaired) electrons. The first-order chi connectivity index (χ1) is 8.76. The lowest BCUT2D eigenvalue weighted by Crippen LogP contribution is -2.38. The van der Waals surface area contributed by atoms with Crippen LogP contribution in [-0.2, 0) is 17.9 Å². The van der Waals surface area contributed by atoms with Crippen LogP contribution in [0.15, 0.2) is 6.33 Å². The molecule has 5 nitrogen and oxygen atoms in total. The number of nitrogens with zero attached hydrogens (tertiary/aromatic N) is 3. The maximum atomic E-state index is 12.0. The van der Waals surface area contributed by atoms with Gasteiger partial charge in [-0.25, -0.2) is 4.98 Å². The third-order valence-electron chi connectivity index (χ3n) is 3.39. The van der Waals surface area contributed by atoms with Crippen molar-refractivity contribution in [1.29, 1.82) is 0 Å². The monoisotopic (exact) mass is 249 g/mol. The molecule has 0 saturated heterocycles. The van der Waals surface area contributed by atoms with Gasteiger partial charge >= 0.3 is 0 Å². The van der Waals surface area contributed by atoms with Crippen molar-refractivity contribution in [3.05, 3.63) is 17.7 Å². The molecule has 0 bridgehead atoms. The Hall–Kier alpha value is -1.65. The fraction of sp³-hybridized carbons (Fsp3) is 0.615. The Morgan fingerprint density at radius 3 is 3.00 bits per heavy atom. The highest BCUT2D eigenvalue weighted by Crippen LogP contribution is 2.16. The minimum Gasteiger partial charge on any atom is -0.335 e. The summed E-state index contributed by atoms with van der Waals surface area (Å²) in [5.41, 5.74) is 1.32. The molecule has 0 atom stereocenters. The molecule has 0 spiro atoms. The highest BCUT2D eigenvalue weighted by molar-refractivity contribution is 5.77. The van der Waals surface area contributed by atoms with Gasteiger partial charge in [0.15, 0.2) is 6.29 Å². The number of amides is 1. The van der Waals surface area contributed by atoms with E-state index in [1.165, 1.54) is 0 Å². The summed E-state index contributed by atoms with van der Waals surface area (Å²) in [5, 5.41) is 0. The van der Waals surface area contributed by atoms with E-state index in [-0.39, 0.29) is 5.91 Å². The van der Waals surface area contributed by atoms with E-state index in [9.17, 15) is 9.59 Å². The van der Waals surface area contributed by atoms with Crippen LogP contribution in [-0.4, -0.2) is 33.2 Å². The maximum absolute atomic E-state index is 12.0. The van der Waals surface area contributed by atoms with Crippen molar-refractivity contribution in [2.45, 2.75) is 45.7 Å². The second-order valence-corrected chi connectivity index (χ2v) is 4.66. The standard InChI is InChI=1S/C13H19N3O2/c1-2-3-4-5-13(18)15-6-7-16-10-14-11(9-17)12(16)8-15/h9-10H,2-8H2,1H3. The third-order valence-corrected chi connectivity index (χ3v) is 3.39. The number of carbonyl (C=O) groups is 2. The molecule has 1 aliphatic heterocycles. The van der Waals surface area contributed by atoms with Crippen molar-refractivity contribution in [2.24, 2.45) is 0 Å². The van der Waals surface area contributed by atoms with Crippen molar-refractivity contribution < 1.29 is 9.59 Å². The Labute approximate surface area is 107 Å². The quantitative estimate of drug-likeness (QED) is 0.588. The molecule has 18 heavy (non-hydrogen) atoms. The lowest BCUT2D eigenvalue weighted by molar-refractivity contribution is -0.132. The number of imidazole rings is 1. The zero-order valence-corrected chi connectivity index (χ0v) is 10.8. The fourth-order valence-corrected chi connectivity index (χ4v) is 2.27. The van der Waals surface area contributed by atoms with Gasteiger partial charge in [0.2, 0.25) is 5.91 Å². The molecular weight excluding hydrogens is 230 g/mol. The van der Waals surface area contributed by atoms with Gasteiger partial charge in [0.1, 0.15) is 5.69 Å². The second kappa shape index (κ2) is 5.80. The molecule has 0 unspecified atom stereocenters. The first-order valence-corrected chi connectivity index (χ1v) is 6.53. The molecule has 0 aliphatic carbocycles. The molecule has 5 heteroatoms. The topological polar surface area (TPSA) is 55.2 Å². The zero-order chi connectivity index (χ0) is 13.0. The first-order valence-electron chi connectivity index (χ1n) is 6.53. The first kappa shape index (κ1) is 12.8. The van der Waals surface area contributed by atoms with E-state index in [4.69, 9.17) is 0 Å². The number of aldehydes is 1. The van der Waals surface area contributed by atoms with E-state index < -0.39 is 0 Å². The fourth-order valence-electron chi connectivity index (χ4n) is 2.27. The number of fused-ring (bicyclic) bond motifs is 1. The Balaban J connectivity index is 1.98. The highest BCUT2D eigenvalue weighted by atomic mass is 16.2. The predicted molar refractivity (Wildman–Crippen MR) is 67.2 cm³/mol. The van der Waals surface area contributed by atoms with E-state index in [1.54, 1.807) is 6.33 Å². The van der Waals surface area contributed by atoms with Crippen molar-refractivity contribution >= 4 is 12.2 Å². The van der Waals surface area contributed by atoms with Gasteiger partial charge in [0.05, 0.1) is 18.6 Å². The van der Waals surface area contributed by atoms with Crippen LogP contribution < -0.4 is 0 Å². The van der Waals surface area contributed by atoms with Crippen LogP contribution >= 0.6 is 0 Å². The average Bonchev–Trinajstić information content (AvgIpc) is 2.80. The van der Waals surface area contributed by atoms with Crippen LogP contribution in [0.2, 0.25) is 0 Å². The Kier molecular flexibility index (Phi) is 4.12. The lowest BCUT2D eigenvalue weighted by atomic mass is 10.1.